The van der Waals surface area contributed by atoms with Crippen LogP contribution in [0, 0.1) is 0 Å². The summed E-state index contributed by atoms with van der Waals surface area (Å²) in [6.45, 7) is 1.50. The normalized spacial score (nSPS) is 11.4. The number of Topliss-reactive ketones (excluding diaryl/α,β-unsaturated/α-hetero) is 1. The summed E-state index contributed by atoms with van der Waals surface area (Å²) in [5.41, 5.74) is 1.93. The molecule has 2 aromatic carbocycles. The number of carbonyl (C=O) groups is 1. The lowest BCUT2D eigenvalue weighted by atomic mass is 9.99. The van der Waals surface area contributed by atoms with Gasteiger partial charge >= 0.3 is 0 Å². The van der Waals surface area contributed by atoms with Gasteiger partial charge < -0.3 is 5.11 Å². The molecule has 0 unspecified atom stereocenters. The van der Waals surface area contributed by atoms with Crippen LogP contribution in [0.5, 0.6) is 5.75 Å². The van der Waals surface area contributed by atoms with E-state index in [9.17, 15) is 9.90 Å². The molecule has 0 aromatic heterocycles. The molecule has 96 valence electrons. The number of benzene rings is 2. The van der Waals surface area contributed by atoms with Crippen molar-refractivity contribution >= 4 is 29.0 Å². The van der Waals surface area contributed by atoms with Gasteiger partial charge in [0, 0.05) is 16.2 Å². The lowest BCUT2D eigenvalue weighted by molar-refractivity contribution is -0.111. The first-order chi connectivity index (χ1) is 9.08. The number of halogens is 1. The number of para-hydroxylation sites is 1. The van der Waals surface area contributed by atoms with Crippen LogP contribution in [0.1, 0.15) is 18.1 Å². The number of hydrogen-bond donors (Lipinski definition) is 1. The molecule has 2 aromatic rings. The lowest BCUT2D eigenvalue weighted by Crippen LogP contribution is -1.96. The number of rotatable bonds is 3. The second-order valence-corrected chi connectivity index (χ2v) is 4.62. The summed E-state index contributed by atoms with van der Waals surface area (Å²) >= 11 is 5.84. The Morgan fingerprint density at radius 2 is 1.74 bits per heavy atom. The van der Waals surface area contributed by atoms with Gasteiger partial charge in [-0.15, -0.1) is 0 Å². The van der Waals surface area contributed by atoms with E-state index in [2.05, 4.69) is 0 Å². The van der Waals surface area contributed by atoms with Crippen molar-refractivity contribution < 1.29 is 9.90 Å². The molecule has 2 nitrogen and oxygen atoms in total. The molecule has 0 saturated carbocycles. The Balaban J connectivity index is 2.50. The first-order valence-corrected chi connectivity index (χ1v) is 6.22. The standard InChI is InChI=1S/C16H13ClO2/c1-11(18)15(12-6-8-14(17)9-7-12)10-13-4-2-3-5-16(13)19/h2-10,19H,1H3. The second kappa shape index (κ2) is 5.72. The van der Waals surface area contributed by atoms with E-state index in [1.165, 1.54) is 6.92 Å². The molecule has 0 amide bonds. The van der Waals surface area contributed by atoms with E-state index in [1.807, 2.05) is 6.07 Å². The van der Waals surface area contributed by atoms with E-state index in [4.69, 9.17) is 11.6 Å². The molecule has 0 spiro atoms. The van der Waals surface area contributed by atoms with Gasteiger partial charge in [-0.05, 0) is 36.8 Å². The second-order valence-electron chi connectivity index (χ2n) is 4.18. The zero-order valence-corrected chi connectivity index (χ0v) is 11.2. The van der Waals surface area contributed by atoms with Gasteiger partial charge in [0.2, 0.25) is 0 Å². The SMILES string of the molecule is CC(=O)C(=Cc1ccccc1O)c1ccc(Cl)cc1. The van der Waals surface area contributed by atoms with E-state index in [1.54, 1.807) is 48.5 Å². The van der Waals surface area contributed by atoms with Gasteiger partial charge in [-0.1, -0.05) is 41.9 Å². The number of allylic oxidation sites excluding steroid dienone is 1. The minimum absolute atomic E-state index is 0.0643. The van der Waals surface area contributed by atoms with Gasteiger partial charge in [0.05, 0.1) is 0 Å². The predicted molar refractivity (Wildman–Crippen MR) is 78.1 cm³/mol. The van der Waals surface area contributed by atoms with Gasteiger partial charge in [0.1, 0.15) is 5.75 Å². The Morgan fingerprint density at radius 1 is 1.11 bits per heavy atom. The maximum Gasteiger partial charge on any atom is 0.160 e. The molecule has 0 aliphatic heterocycles. The van der Waals surface area contributed by atoms with Crippen LogP contribution < -0.4 is 0 Å². The number of aromatic hydroxyl groups is 1. The highest BCUT2D eigenvalue weighted by molar-refractivity contribution is 6.31. The Morgan fingerprint density at radius 3 is 2.32 bits per heavy atom. The predicted octanol–water partition coefficient (Wildman–Crippen LogP) is 4.18. The average molecular weight is 273 g/mol. The van der Waals surface area contributed by atoms with Crippen LogP contribution in [0.2, 0.25) is 5.02 Å². The maximum absolute atomic E-state index is 11.8. The van der Waals surface area contributed by atoms with Crippen molar-refractivity contribution in [3.63, 3.8) is 0 Å². The molecule has 0 atom stereocenters. The molecular weight excluding hydrogens is 260 g/mol. The van der Waals surface area contributed by atoms with E-state index < -0.39 is 0 Å². The van der Waals surface area contributed by atoms with E-state index in [0.717, 1.165) is 5.56 Å². The molecule has 0 fully saturated rings. The number of ketones is 1. The number of hydrogen-bond acceptors (Lipinski definition) is 2. The highest BCUT2D eigenvalue weighted by atomic mass is 35.5. The molecule has 0 radical (unpaired) electrons. The summed E-state index contributed by atoms with van der Waals surface area (Å²) in [4.78, 5) is 11.8. The summed E-state index contributed by atoms with van der Waals surface area (Å²) in [6, 6.07) is 13.9. The molecule has 19 heavy (non-hydrogen) atoms. The highest BCUT2D eigenvalue weighted by Crippen LogP contribution is 2.25. The third kappa shape index (κ3) is 3.24. The van der Waals surface area contributed by atoms with Crippen molar-refractivity contribution in [3.05, 3.63) is 64.7 Å². The van der Waals surface area contributed by atoms with E-state index in [-0.39, 0.29) is 11.5 Å². The third-order valence-electron chi connectivity index (χ3n) is 2.77. The third-order valence-corrected chi connectivity index (χ3v) is 3.02. The Hall–Kier alpha value is -2.06. The number of carbonyl (C=O) groups excluding carboxylic acids is 1. The molecule has 3 heteroatoms. The summed E-state index contributed by atoms with van der Waals surface area (Å²) < 4.78 is 0. The fourth-order valence-electron chi connectivity index (χ4n) is 1.78. The minimum atomic E-state index is -0.0643. The maximum atomic E-state index is 11.8. The number of phenolic OH excluding ortho intramolecular Hbond substituents is 1. The van der Waals surface area contributed by atoms with Gasteiger partial charge in [-0.25, -0.2) is 0 Å². The summed E-state index contributed by atoms with van der Waals surface area (Å²) in [5.74, 6) is 0.0841. The van der Waals surface area contributed by atoms with Gasteiger partial charge in [-0.2, -0.15) is 0 Å². The average Bonchev–Trinajstić information content (AvgIpc) is 2.39. The number of phenols is 1. The van der Waals surface area contributed by atoms with Crippen molar-refractivity contribution in [1.29, 1.82) is 0 Å². The zero-order valence-electron chi connectivity index (χ0n) is 10.4. The lowest BCUT2D eigenvalue weighted by Gasteiger charge is -2.06. The van der Waals surface area contributed by atoms with Crippen molar-refractivity contribution in [3.8, 4) is 5.75 Å². The first kappa shape index (κ1) is 13.4. The van der Waals surface area contributed by atoms with Crippen LogP contribution in [0.25, 0.3) is 11.6 Å². The molecule has 0 saturated heterocycles. The summed E-state index contributed by atoms with van der Waals surface area (Å²) in [7, 11) is 0. The van der Waals surface area contributed by atoms with Crippen LogP contribution in [-0.4, -0.2) is 10.9 Å². The summed E-state index contributed by atoms with van der Waals surface area (Å²) in [5, 5.41) is 10.4. The Labute approximate surface area is 117 Å². The molecular formula is C16H13ClO2. The van der Waals surface area contributed by atoms with Crippen LogP contribution >= 0.6 is 11.6 Å². The van der Waals surface area contributed by atoms with Crippen molar-refractivity contribution in [2.24, 2.45) is 0 Å². The molecule has 0 aliphatic carbocycles. The van der Waals surface area contributed by atoms with Crippen molar-refractivity contribution in [2.75, 3.05) is 0 Å². The van der Waals surface area contributed by atoms with Crippen LogP contribution in [-0.2, 0) is 4.79 Å². The topological polar surface area (TPSA) is 37.3 Å². The minimum Gasteiger partial charge on any atom is -0.507 e. The summed E-state index contributed by atoms with van der Waals surface area (Å²) in [6.07, 6.45) is 1.68. The Kier molecular flexibility index (Phi) is 4.03. The smallest absolute Gasteiger partial charge is 0.160 e. The highest BCUT2D eigenvalue weighted by Gasteiger charge is 2.08. The molecule has 1 N–H and O–H groups in total. The van der Waals surface area contributed by atoms with Crippen molar-refractivity contribution in [1.82, 2.24) is 0 Å². The van der Waals surface area contributed by atoms with E-state index >= 15 is 0 Å². The molecule has 0 bridgehead atoms. The monoisotopic (exact) mass is 272 g/mol. The van der Waals surface area contributed by atoms with Crippen LogP contribution in [0.3, 0.4) is 0 Å². The Bertz CT molecular complexity index is 627. The molecule has 2 rings (SSSR count). The quantitative estimate of drug-likeness (QED) is 0.672. The fourth-order valence-corrected chi connectivity index (χ4v) is 1.91. The van der Waals surface area contributed by atoms with Crippen LogP contribution in [0.15, 0.2) is 48.5 Å². The van der Waals surface area contributed by atoms with Gasteiger partial charge in [0.25, 0.3) is 0 Å². The van der Waals surface area contributed by atoms with Crippen LogP contribution in [0.4, 0.5) is 0 Å². The largest absolute Gasteiger partial charge is 0.507 e. The first-order valence-electron chi connectivity index (χ1n) is 5.84. The van der Waals surface area contributed by atoms with E-state index in [0.29, 0.717) is 16.2 Å². The zero-order chi connectivity index (χ0) is 13.8. The van der Waals surface area contributed by atoms with Gasteiger partial charge in [0.15, 0.2) is 5.78 Å². The fraction of sp³-hybridized carbons (Fsp3) is 0.0625. The molecule has 0 heterocycles. The van der Waals surface area contributed by atoms with Gasteiger partial charge in [-0.3, -0.25) is 4.79 Å². The van der Waals surface area contributed by atoms with Crippen molar-refractivity contribution in [2.45, 2.75) is 6.92 Å². The molecule has 0 aliphatic rings.